The van der Waals surface area contributed by atoms with Crippen LogP contribution in [0.15, 0.2) is 0 Å². The van der Waals surface area contributed by atoms with Crippen LogP contribution in [0.1, 0.15) is 44.9 Å². The molecule has 1 amide bonds. The number of hydrogen-bond donors (Lipinski definition) is 1. The van der Waals surface area contributed by atoms with Gasteiger partial charge in [0, 0.05) is 17.8 Å². The third-order valence-corrected chi connectivity index (χ3v) is 6.87. The average molecular weight is 282 g/mol. The summed E-state index contributed by atoms with van der Waals surface area (Å²) in [7, 11) is 0. The van der Waals surface area contributed by atoms with Crippen molar-refractivity contribution in [1.82, 2.24) is 5.32 Å². The van der Waals surface area contributed by atoms with Gasteiger partial charge in [0.2, 0.25) is 5.91 Å². The molecule has 0 heterocycles. The largest absolute Gasteiger partial charge is 0.353 e. The minimum Gasteiger partial charge on any atom is -0.353 e. The molecule has 4 aliphatic carbocycles. The number of fused-ring (bicyclic) bond motifs is 5. The summed E-state index contributed by atoms with van der Waals surface area (Å²) in [5.74, 6) is 5.26. The SMILES string of the molecule is O=C(NC1CCCCC1CCl)C1C2C3CCC(C3)C12. The fraction of sp³-hybridized carbons (Fsp3) is 0.938. The Morgan fingerprint density at radius 1 is 1.05 bits per heavy atom. The van der Waals surface area contributed by atoms with Gasteiger partial charge in [0.15, 0.2) is 0 Å². The Morgan fingerprint density at radius 2 is 1.74 bits per heavy atom. The van der Waals surface area contributed by atoms with Gasteiger partial charge < -0.3 is 5.32 Å². The van der Waals surface area contributed by atoms with E-state index in [9.17, 15) is 4.79 Å². The zero-order chi connectivity index (χ0) is 13.0. The predicted molar refractivity (Wildman–Crippen MR) is 75.9 cm³/mol. The summed E-state index contributed by atoms with van der Waals surface area (Å²) in [6, 6.07) is 0.359. The van der Waals surface area contributed by atoms with Crippen molar-refractivity contribution in [3.63, 3.8) is 0 Å². The van der Waals surface area contributed by atoms with E-state index in [0.717, 1.165) is 30.1 Å². The molecule has 19 heavy (non-hydrogen) atoms. The molecule has 4 fully saturated rings. The average Bonchev–Trinajstić information content (AvgIpc) is 2.88. The molecule has 2 nitrogen and oxygen atoms in total. The maximum absolute atomic E-state index is 12.5. The highest BCUT2D eigenvalue weighted by Gasteiger charge is 2.67. The topological polar surface area (TPSA) is 29.1 Å². The van der Waals surface area contributed by atoms with Gasteiger partial charge in [0.05, 0.1) is 0 Å². The first kappa shape index (κ1) is 12.5. The van der Waals surface area contributed by atoms with Crippen LogP contribution in [-0.2, 0) is 4.79 Å². The summed E-state index contributed by atoms with van der Waals surface area (Å²) < 4.78 is 0. The lowest BCUT2D eigenvalue weighted by Gasteiger charge is -2.31. The van der Waals surface area contributed by atoms with E-state index in [-0.39, 0.29) is 0 Å². The molecule has 0 aromatic heterocycles. The van der Waals surface area contributed by atoms with E-state index >= 15 is 0 Å². The molecule has 2 bridgehead atoms. The Kier molecular flexibility index (Phi) is 3.06. The monoisotopic (exact) mass is 281 g/mol. The maximum atomic E-state index is 12.5. The molecule has 0 radical (unpaired) electrons. The zero-order valence-electron chi connectivity index (χ0n) is 11.5. The molecule has 6 unspecified atom stereocenters. The van der Waals surface area contributed by atoms with Crippen LogP contribution in [0.2, 0.25) is 0 Å². The number of rotatable bonds is 3. The number of alkyl halides is 1. The summed E-state index contributed by atoms with van der Waals surface area (Å²) in [6.45, 7) is 0. The van der Waals surface area contributed by atoms with Crippen molar-refractivity contribution in [2.45, 2.75) is 51.0 Å². The van der Waals surface area contributed by atoms with E-state index in [1.54, 1.807) is 0 Å². The van der Waals surface area contributed by atoms with Crippen LogP contribution in [0.3, 0.4) is 0 Å². The minimum atomic E-state index is 0.359. The van der Waals surface area contributed by atoms with Crippen LogP contribution in [0.5, 0.6) is 0 Å². The van der Waals surface area contributed by atoms with Crippen molar-refractivity contribution in [2.24, 2.45) is 35.5 Å². The highest BCUT2D eigenvalue weighted by atomic mass is 35.5. The Bertz CT molecular complexity index is 369. The smallest absolute Gasteiger partial charge is 0.223 e. The molecule has 0 saturated heterocycles. The number of nitrogens with one attached hydrogen (secondary N) is 1. The normalized spacial score (nSPS) is 50.9. The first-order valence-electron chi connectivity index (χ1n) is 8.16. The predicted octanol–water partition coefficient (Wildman–Crippen LogP) is 3.19. The molecule has 0 aromatic carbocycles. The van der Waals surface area contributed by atoms with E-state index in [0.29, 0.717) is 29.7 Å². The number of halogens is 1. The lowest BCUT2D eigenvalue weighted by molar-refractivity contribution is -0.124. The molecule has 6 atom stereocenters. The van der Waals surface area contributed by atoms with Gasteiger partial charge in [-0.3, -0.25) is 4.79 Å². The molecule has 1 N–H and O–H groups in total. The van der Waals surface area contributed by atoms with Crippen molar-refractivity contribution in [1.29, 1.82) is 0 Å². The maximum Gasteiger partial charge on any atom is 0.223 e. The highest BCUT2D eigenvalue weighted by Crippen LogP contribution is 2.69. The third kappa shape index (κ3) is 1.93. The second-order valence-electron chi connectivity index (χ2n) is 7.33. The van der Waals surface area contributed by atoms with Crippen LogP contribution in [-0.4, -0.2) is 17.8 Å². The zero-order valence-corrected chi connectivity index (χ0v) is 12.2. The summed E-state index contributed by atoms with van der Waals surface area (Å²) in [5, 5.41) is 3.36. The first-order chi connectivity index (χ1) is 9.29. The Hall–Kier alpha value is -0.240. The number of carbonyl (C=O) groups is 1. The van der Waals surface area contributed by atoms with Crippen LogP contribution in [0, 0.1) is 35.5 Å². The van der Waals surface area contributed by atoms with Crippen LogP contribution in [0.25, 0.3) is 0 Å². The summed E-state index contributed by atoms with van der Waals surface area (Å²) in [5.41, 5.74) is 0. The van der Waals surface area contributed by atoms with E-state index < -0.39 is 0 Å². The Balaban J connectivity index is 1.37. The van der Waals surface area contributed by atoms with Gasteiger partial charge in [0.25, 0.3) is 0 Å². The lowest BCUT2D eigenvalue weighted by atomic mass is 9.85. The highest BCUT2D eigenvalue weighted by molar-refractivity contribution is 6.18. The minimum absolute atomic E-state index is 0.359. The summed E-state index contributed by atoms with van der Waals surface area (Å²) >= 11 is 6.05. The number of carbonyl (C=O) groups excluding carboxylic acids is 1. The second kappa shape index (κ2) is 4.65. The van der Waals surface area contributed by atoms with Crippen molar-refractivity contribution in [3.05, 3.63) is 0 Å². The van der Waals surface area contributed by atoms with Gasteiger partial charge in [0.1, 0.15) is 0 Å². The van der Waals surface area contributed by atoms with Gasteiger partial charge in [-0.1, -0.05) is 12.8 Å². The van der Waals surface area contributed by atoms with E-state index in [1.165, 1.54) is 38.5 Å². The molecule has 0 aromatic rings. The molecule has 3 heteroatoms. The quantitative estimate of drug-likeness (QED) is 0.791. The molecule has 4 saturated carbocycles. The molecule has 4 aliphatic rings. The van der Waals surface area contributed by atoms with Gasteiger partial charge in [-0.05, 0) is 61.7 Å². The molecule has 0 aliphatic heterocycles. The van der Waals surface area contributed by atoms with Gasteiger partial charge in [-0.25, -0.2) is 0 Å². The van der Waals surface area contributed by atoms with Crippen molar-refractivity contribution < 1.29 is 4.79 Å². The van der Waals surface area contributed by atoms with Gasteiger partial charge in [-0.15, -0.1) is 11.6 Å². The Labute approximate surface area is 120 Å². The molecule has 106 valence electrons. The van der Waals surface area contributed by atoms with Crippen LogP contribution < -0.4 is 5.32 Å². The first-order valence-corrected chi connectivity index (χ1v) is 8.69. The van der Waals surface area contributed by atoms with E-state index in [2.05, 4.69) is 5.32 Å². The van der Waals surface area contributed by atoms with Crippen LogP contribution >= 0.6 is 11.6 Å². The van der Waals surface area contributed by atoms with Crippen molar-refractivity contribution in [3.8, 4) is 0 Å². The summed E-state index contributed by atoms with van der Waals surface area (Å²) in [4.78, 5) is 12.5. The molecule has 4 rings (SSSR count). The molecular weight excluding hydrogens is 258 g/mol. The second-order valence-corrected chi connectivity index (χ2v) is 7.64. The number of hydrogen-bond acceptors (Lipinski definition) is 1. The molecular formula is C16H24ClNO. The fourth-order valence-electron chi connectivity index (χ4n) is 5.54. The van der Waals surface area contributed by atoms with E-state index in [4.69, 9.17) is 11.6 Å². The summed E-state index contributed by atoms with van der Waals surface area (Å²) in [6.07, 6.45) is 9.07. The standard InChI is InChI=1S/C16H24ClNO/c17-8-11-3-1-2-4-12(11)18-16(19)15-13-9-5-6-10(7-9)14(13)15/h9-15H,1-8H2,(H,18,19). The van der Waals surface area contributed by atoms with E-state index in [1.807, 2.05) is 0 Å². The van der Waals surface area contributed by atoms with Crippen molar-refractivity contribution in [2.75, 3.05) is 5.88 Å². The third-order valence-electron chi connectivity index (χ3n) is 6.47. The van der Waals surface area contributed by atoms with Crippen LogP contribution in [0.4, 0.5) is 0 Å². The molecule has 0 spiro atoms. The number of amides is 1. The Morgan fingerprint density at radius 3 is 2.42 bits per heavy atom. The fourth-order valence-corrected chi connectivity index (χ4v) is 5.91. The lowest BCUT2D eigenvalue weighted by Crippen LogP contribution is -2.44. The van der Waals surface area contributed by atoms with Gasteiger partial charge in [-0.2, -0.15) is 0 Å². The van der Waals surface area contributed by atoms with Crippen molar-refractivity contribution >= 4 is 17.5 Å². The van der Waals surface area contributed by atoms with Gasteiger partial charge >= 0.3 is 0 Å².